The molecule has 0 aliphatic heterocycles. The van der Waals surface area contributed by atoms with Crippen LogP contribution in [0.25, 0.3) is 17.4 Å². The summed E-state index contributed by atoms with van der Waals surface area (Å²) in [7, 11) is 1.88. The van der Waals surface area contributed by atoms with Crippen LogP contribution in [0.15, 0.2) is 46.9 Å². The highest BCUT2D eigenvalue weighted by molar-refractivity contribution is 5.91. The number of rotatable bonds is 5. The molecule has 1 aromatic carbocycles. The number of carbonyl (C=O) groups excluding carboxylic acids is 1. The van der Waals surface area contributed by atoms with Crippen LogP contribution >= 0.6 is 0 Å². The minimum atomic E-state index is -0.351. The number of aromatic nitrogens is 2. The van der Waals surface area contributed by atoms with Crippen molar-refractivity contribution in [2.24, 2.45) is 7.05 Å². The molecule has 0 radical (unpaired) electrons. The van der Waals surface area contributed by atoms with Crippen molar-refractivity contribution < 1.29 is 13.6 Å². The van der Waals surface area contributed by atoms with Gasteiger partial charge in [0.25, 0.3) is 0 Å². The first-order valence-electron chi connectivity index (χ1n) is 8.70. The Bertz CT molecular complexity index is 1000. The average molecular weight is 367 g/mol. The van der Waals surface area contributed by atoms with Crippen molar-refractivity contribution in [3.63, 3.8) is 0 Å². The first-order chi connectivity index (χ1) is 12.9. The topological polar surface area (TPSA) is 60.1 Å². The first-order valence-corrected chi connectivity index (χ1v) is 8.70. The van der Waals surface area contributed by atoms with Gasteiger partial charge in [-0.3, -0.25) is 9.48 Å². The highest BCUT2D eigenvalue weighted by atomic mass is 19.1. The number of nitrogens with one attached hydrogen (secondary N) is 1. The van der Waals surface area contributed by atoms with Gasteiger partial charge in [0.05, 0.1) is 17.3 Å². The molecular weight excluding hydrogens is 345 g/mol. The molecule has 2 aromatic heterocycles. The molecule has 0 bridgehead atoms. The van der Waals surface area contributed by atoms with Gasteiger partial charge in [-0.1, -0.05) is 12.1 Å². The second-order valence-corrected chi connectivity index (χ2v) is 6.45. The molecule has 0 fully saturated rings. The number of amides is 1. The quantitative estimate of drug-likeness (QED) is 0.683. The summed E-state index contributed by atoms with van der Waals surface area (Å²) < 4.78 is 21.2. The predicted molar refractivity (Wildman–Crippen MR) is 102 cm³/mol. The van der Waals surface area contributed by atoms with Crippen LogP contribution in [0, 0.1) is 19.7 Å². The van der Waals surface area contributed by atoms with Crippen LogP contribution in [0.1, 0.15) is 35.7 Å². The van der Waals surface area contributed by atoms with E-state index in [0.29, 0.717) is 17.1 Å². The Hall–Kier alpha value is -3.15. The Morgan fingerprint density at radius 1 is 1.26 bits per heavy atom. The van der Waals surface area contributed by atoms with Crippen molar-refractivity contribution in [3.8, 4) is 11.3 Å². The van der Waals surface area contributed by atoms with E-state index in [2.05, 4.69) is 10.4 Å². The molecule has 27 heavy (non-hydrogen) atoms. The Morgan fingerprint density at radius 3 is 2.67 bits per heavy atom. The van der Waals surface area contributed by atoms with Crippen LogP contribution < -0.4 is 5.32 Å². The van der Waals surface area contributed by atoms with Crippen LogP contribution in [0.2, 0.25) is 0 Å². The van der Waals surface area contributed by atoms with E-state index >= 15 is 0 Å². The lowest BCUT2D eigenvalue weighted by Crippen LogP contribution is -2.25. The predicted octanol–water partition coefficient (Wildman–Crippen LogP) is 4.33. The number of halogens is 1. The summed E-state index contributed by atoms with van der Waals surface area (Å²) in [6, 6.07) is 9.61. The normalized spacial score (nSPS) is 12.5. The standard InChI is InChI=1S/C21H22FN3O2/c1-13(21-14(2)24-25(4)15(21)3)23-20(26)12-10-16-9-11-19(27-16)17-7-5-6-8-18(17)22/h5-13H,1-4H3,(H,23,26). The molecule has 0 saturated carbocycles. The third-order valence-electron chi connectivity index (χ3n) is 4.52. The summed E-state index contributed by atoms with van der Waals surface area (Å²) in [6.45, 7) is 5.82. The summed E-state index contributed by atoms with van der Waals surface area (Å²) in [5.74, 6) is 0.304. The zero-order valence-corrected chi connectivity index (χ0v) is 15.8. The lowest BCUT2D eigenvalue weighted by molar-refractivity contribution is -0.117. The van der Waals surface area contributed by atoms with Crippen molar-refractivity contribution in [1.29, 1.82) is 0 Å². The van der Waals surface area contributed by atoms with Gasteiger partial charge in [0.1, 0.15) is 17.3 Å². The number of benzene rings is 1. The van der Waals surface area contributed by atoms with Crippen molar-refractivity contribution in [2.45, 2.75) is 26.8 Å². The van der Waals surface area contributed by atoms with Gasteiger partial charge in [-0.25, -0.2) is 4.39 Å². The summed E-state index contributed by atoms with van der Waals surface area (Å²) in [5, 5.41) is 7.30. The lowest BCUT2D eigenvalue weighted by atomic mass is 10.1. The van der Waals surface area contributed by atoms with Crippen molar-refractivity contribution in [3.05, 3.63) is 71.0 Å². The molecule has 0 spiro atoms. The summed E-state index contributed by atoms with van der Waals surface area (Å²) in [5.41, 5.74) is 3.31. The highest BCUT2D eigenvalue weighted by Crippen LogP contribution is 2.25. The average Bonchev–Trinajstić information content (AvgIpc) is 3.18. The fourth-order valence-electron chi connectivity index (χ4n) is 3.16. The molecule has 6 heteroatoms. The summed E-state index contributed by atoms with van der Waals surface area (Å²) in [6.07, 6.45) is 2.97. The van der Waals surface area contributed by atoms with E-state index in [1.54, 1.807) is 41.1 Å². The molecular formula is C21H22FN3O2. The minimum absolute atomic E-state index is 0.165. The number of hydrogen-bond acceptors (Lipinski definition) is 3. The van der Waals surface area contributed by atoms with E-state index in [1.807, 2.05) is 27.8 Å². The van der Waals surface area contributed by atoms with Crippen LogP contribution in [-0.2, 0) is 11.8 Å². The van der Waals surface area contributed by atoms with Gasteiger partial charge < -0.3 is 9.73 Å². The largest absolute Gasteiger partial charge is 0.457 e. The first kappa shape index (κ1) is 18.6. The zero-order chi connectivity index (χ0) is 19.6. The second-order valence-electron chi connectivity index (χ2n) is 6.45. The molecule has 1 amide bonds. The van der Waals surface area contributed by atoms with Gasteiger partial charge in [-0.2, -0.15) is 5.10 Å². The van der Waals surface area contributed by atoms with Gasteiger partial charge in [0.2, 0.25) is 5.91 Å². The molecule has 0 saturated heterocycles. The van der Waals surface area contributed by atoms with Gasteiger partial charge in [0.15, 0.2) is 0 Å². The summed E-state index contributed by atoms with van der Waals surface area (Å²) in [4.78, 5) is 12.2. The van der Waals surface area contributed by atoms with Crippen LogP contribution in [0.3, 0.4) is 0 Å². The maximum Gasteiger partial charge on any atom is 0.244 e. The molecule has 5 nitrogen and oxygen atoms in total. The van der Waals surface area contributed by atoms with Gasteiger partial charge in [0, 0.05) is 24.4 Å². The molecule has 0 aliphatic rings. The van der Waals surface area contributed by atoms with Crippen LogP contribution in [0.4, 0.5) is 4.39 Å². The van der Waals surface area contributed by atoms with Crippen molar-refractivity contribution in [2.75, 3.05) is 0 Å². The van der Waals surface area contributed by atoms with Crippen molar-refractivity contribution in [1.82, 2.24) is 15.1 Å². The zero-order valence-electron chi connectivity index (χ0n) is 15.8. The monoisotopic (exact) mass is 367 g/mol. The number of hydrogen-bond donors (Lipinski definition) is 1. The maximum absolute atomic E-state index is 13.8. The van der Waals surface area contributed by atoms with E-state index in [9.17, 15) is 9.18 Å². The number of furan rings is 1. The van der Waals surface area contributed by atoms with E-state index < -0.39 is 0 Å². The highest BCUT2D eigenvalue weighted by Gasteiger charge is 2.17. The van der Waals surface area contributed by atoms with Crippen LogP contribution in [0.5, 0.6) is 0 Å². The smallest absolute Gasteiger partial charge is 0.244 e. The summed E-state index contributed by atoms with van der Waals surface area (Å²) >= 11 is 0. The number of nitrogens with zero attached hydrogens (tertiary/aromatic N) is 2. The lowest BCUT2D eigenvalue weighted by Gasteiger charge is -2.13. The van der Waals surface area contributed by atoms with E-state index in [0.717, 1.165) is 17.0 Å². The molecule has 1 atom stereocenters. The van der Waals surface area contributed by atoms with E-state index in [4.69, 9.17) is 4.42 Å². The van der Waals surface area contributed by atoms with Gasteiger partial charge in [-0.05, 0) is 51.1 Å². The Labute approximate surface area is 157 Å². The fourth-order valence-corrected chi connectivity index (χ4v) is 3.16. The fraction of sp³-hybridized carbons (Fsp3) is 0.238. The molecule has 3 rings (SSSR count). The minimum Gasteiger partial charge on any atom is -0.457 e. The van der Waals surface area contributed by atoms with Gasteiger partial charge >= 0.3 is 0 Å². The van der Waals surface area contributed by atoms with Crippen molar-refractivity contribution >= 4 is 12.0 Å². The Kier molecular flexibility index (Phi) is 5.26. The second kappa shape index (κ2) is 7.61. The SMILES string of the molecule is Cc1nn(C)c(C)c1C(C)NC(=O)C=Cc1ccc(-c2ccccc2F)o1. The molecule has 3 aromatic rings. The Morgan fingerprint density at radius 2 is 2.00 bits per heavy atom. The Balaban J connectivity index is 1.68. The number of aryl methyl sites for hydroxylation is 2. The molecule has 2 heterocycles. The van der Waals surface area contributed by atoms with Gasteiger partial charge in [-0.15, -0.1) is 0 Å². The molecule has 1 unspecified atom stereocenters. The maximum atomic E-state index is 13.8. The van der Waals surface area contributed by atoms with Crippen LogP contribution in [-0.4, -0.2) is 15.7 Å². The third kappa shape index (κ3) is 4.00. The van der Waals surface area contributed by atoms with E-state index in [1.165, 1.54) is 12.1 Å². The molecule has 140 valence electrons. The molecule has 1 N–H and O–H groups in total. The number of carbonyl (C=O) groups is 1. The molecule has 0 aliphatic carbocycles. The van der Waals surface area contributed by atoms with E-state index in [-0.39, 0.29) is 17.8 Å². The third-order valence-corrected chi connectivity index (χ3v) is 4.52.